The molecule has 1 atom stereocenters. The maximum Gasteiger partial charge on any atom is 0.242 e. The van der Waals surface area contributed by atoms with Crippen molar-refractivity contribution >= 4 is 15.7 Å². The molecule has 0 heterocycles. The van der Waals surface area contributed by atoms with Gasteiger partial charge >= 0.3 is 0 Å². The first kappa shape index (κ1) is 16.9. The molecule has 0 saturated heterocycles. The van der Waals surface area contributed by atoms with E-state index in [4.69, 9.17) is 4.74 Å². The molecule has 5 nitrogen and oxygen atoms in total. The Bertz CT molecular complexity index is 492. The first-order valence-electron chi connectivity index (χ1n) is 6.70. The highest BCUT2D eigenvalue weighted by molar-refractivity contribution is 7.89. The predicted molar refractivity (Wildman–Crippen MR) is 81.5 cm³/mol. The summed E-state index contributed by atoms with van der Waals surface area (Å²) < 4.78 is 30.3. The maximum atomic E-state index is 12.0. The van der Waals surface area contributed by atoms with Crippen LogP contribution in [0.4, 0.5) is 5.69 Å². The van der Waals surface area contributed by atoms with E-state index in [1.165, 1.54) is 18.4 Å². The highest BCUT2D eigenvalue weighted by atomic mass is 32.2. The Morgan fingerprint density at radius 2 is 1.85 bits per heavy atom. The fraction of sp³-hybridized carbons (Fsp3) is 0.571. The Morgan fingerprint density at radius 1 is 1.25 bits per heavy atom. The number of hydrogen-bond acceptors (Lipinski definition) is 4. The van der Waals surface area contributed by atoms with Crippen LogP contribution < -0.4 is 5.32 Å². The lowest BCUT2D eigenvalue weighted by molar-refractivity contribution is 0.182. The molecule has 0 bridgehead atoms. The summed E-state index contributed by atoms with van der Waals surface area (Å²) in [7, 11) is 1.37. The Labute approximate surface area is 122 Å². The Kier molecular flexibility index (Phi) is 6.45. The number of benzene rings is 1. The van der Waals surface area contributed by atoms with Crippen LogP contribution >= 0.6 is 0 Å². The molecule has 0 aromatic heterocycles. The molecule has 1 aromatic carbocycles. The average Bonchev–Trinajstić information content (AvgIpc) is 2.39. The van der Waals surface area contributed by atoms with Crippen molar-refractivity contribution in [1.82, 2.24) is 4.31 Å². The van der Waals surface area contributed by atoms with Gasteiger partial charge in [0, 0.05) is 32.9 Å². The summed E-state index contributed by atoms with van der Waals surface area (Å²) in [4.78, 5) is 0.298. The molecule has 114 valence electrons. The Morgan fingerprint density at radius 3 is 2.30 bits per heavy atom. The van der Waals surface area contributed by atoms with Gasteiger partial charge in [0.1, 0.15) is 0 Å². The molecule has 0 radical (unpaired) electrons. The van der Waals surface area contributed by atoms with Crippen LogP contribution in [0, 0.1) is 0 Å². The molecule has 1 N–H and O–H groups in total. The van der Waals surface area contributed by atoms with Crippen LogP contribution in [0.1, 0.15) is 19.8 Å². The second kappa shape index (κ2) is 7.61. The predicted octanol–water partition coefficient (Wildman–Crippen LogP) is 2.16. The monoisotopic (exact) mass is 300 g/mol. The third kappa shape index (κ3) is 4.47. The SMILES string of the molecule is CCCC(COC)Nc1ccc(S(=O)(=O)N(C)C)cc1. The zero-order valence-electron chi connectivity index (χ0n) is 12.6. The number of nitrogens with one attached hydrogen (secondary N) is 1. The molecule has 6 heteroatoms. The van der Waals surface area contributed by atoms with Gasteiger partial charge in [0.15, 0.2) is 0 Å². The van der Waals surface area contributed by atoms with E-state index in [0.29, 0.717) is 11.5 Å². The lowest BCUT2D eigenvalue weighted by Crippen LogP contribution is -2.25. The summed E-state index contributed by atoms with van der Waals surface area (Å²) in [6.07, 6.45) is 2.07. The minimum absolute atomic E-state index is 0.237. The van der Waals surface area contributed by atoms with Crippen LogP contribution in [0.2, 0.25) is 0 Å². The second-order valence-corrected chi connectivity index (χ2v) is 7.05. The molecule has 0 saturated carbocycles. The summed E-state index contributed by atoms with van der Waals surface area (Å²) in [5.41, 5.74) is 0.901. The van der Waals surface area contributed by atoms with Gasteiger partial charge in [-0.15, -0.1) is 0 Å². The molecule has 1 unspecified atom stereocenters. The van der Waals surface area contributed by atoms with Gasteiger partial charge in [-0.25, -0.2) is 12.7 Å². The van der Waals surface area contributed by atoms with Gasteiger partial charge < -0.3 is 10.1 Å². The van der Waals surface area contributed by atoms with E-state index in [-0.39, 0.29) is 6.04 Å². The van der Waals surface area contributed by atoms with E-state index < -0.39 is 10.0 Å². The molecule has 1 aromatic rings. The summed E-state index contributed by atoms with van der Waals surface area (Å²) in [5, 5.41) is 3.36. The van der Waals surface area contributed by atoms with Crippen LogP contribution in [0.25, 0.3) is 0 Å². The van der Waals surface area contributed by atoms with Crippen molar-refractivity contribution in [3.63, 3.8) is 0 Å². The lowest BCUT2D eigenvalue weighted by atomic mass is 10.1. The lowest BCUT2D eigenvalue weighted by Gasteiger charge is -2.19. The van der Waals surface area contributed by atoms with Crippen molar-refractivity contribution in [2.45, 2.75) is 30.7 Å². The summed E-state index contributed by atoms with van der Waals surface area (Å²) in [5.74, 6) is 0. The van der Waals surface area contributed by atoms with Gasteiger partial charge in [-0.2, -0.15) is 0 Å². The highest BCUT2D eigenvalue weighted by Crippen LogP contribution is 2.18. The van der Waals surface area contributed by atoms with Crippen molar-refractivity contribution in [3.8, 4) is 0 Å². The summed E-state index contributed by atoms with van der Waals surface area (Å²) in [6.45, 7) is 2.75. The van der Waals surface area contributed by atoms with Crippen molar-refractivity contribution in [1.29, 1.82) is 0 Å². The molecule has 20 heavy (non-hydrogen) atoms. The van der Waals surface area contributed by atoms with E-state index in [2.05, 4.69) is 12.2 Å². The van der Waals surface area contributed by atoms with Crippen molar-refractivity contribution < 1.29 is 13.2 Å². The van der Waals surface area contributed by atoms with Gasteiger partial charge in [-0.3, -0.25) is 0 Å². The number of hydrogen-bond donors (Lipinski definition) is 1. The minimum Gasteiger partial charge on any atom is -0.383 e. The van der Waals surface area contributed by atoms with E-state index in [9.17, 15) is 8.42 Å². The van der Waals surface area contributed by atoms with Gasteiger partial charge in [0.25, 0.3) is 0 Å². The molecule has 0 amide bonds. The minimum atomic E-state index is -3.36. The number of sulfonamides is 1. The van der Waals surface area contributed by atoms with Crippen LogP contribution in [0.15, 0.2) is 29.2 Å². The van der Waals surface area contributed by atoms with Crippen molar-refractivity contribution in [3.05, 3.63) is 24.3 Å². The fourth-order valence-corrected chi connectivity index (χ4v) is 2.82. The number of nitrogens with zero attached hydrogens (tertiary/aromatic N) is 1. The van der Waals surface area contributed by atoms with E-state index in [1.807, 2.05) is 0 Å². The van der Waals surface area contributed by atoms with Gasteiger partial charge in [0.05, 0.1) is 11.5 Å². The zero-order valence-corrected chi connectivity index (χ0v) is 13.4. The fourth-order valence-electron chi connectivity index (χ4n) is 1.92. The molecule has 1 rings (SSSR count). The Balaban J connectivity index is 2.81. The first-order valence-corrected chi connectivity index (χ1v) is 8.14. The first-order chi connectivity index (χ1) is 9.41. The number of anilines is 1. The Hall–Kier alpha value is -1.11. The zero-order chi connectivity index (χ0) is 15.2. The third-order valence-corrected chi connectivity index (χ3v) is 4.84. The van der Waals surface area contributed by atoms with Crippen LogP contribution in [0.3, 0.4) is 0 Å². The molecule has 0 spiro atoms. The molecular weight excluding hydrogens is 276 g/mol. The topological polar surface area (TPSA) is 58.6 Å². The smallest absolute Gasteiger partial charge is 0.242 e. The van der Waals surface area contributed by atoms with Crippen molar-refractivity contribution in [2.24, 2.45) is 0 Å². The van der Waals surface area contributed by atoms with Crippen LogP contribution in [0.5, 0.6) is 0 Å². The van der Waals surface area contributed by atoms with Crippen molar-refractivity contribution in [2.75, 3.05) is 33.1 Å². The van der Waals surface area contributed by atoms with Crippen LogP contribution in [-0.4, -0.2) is 46.6 Å². The quantitative estimate of drug-likeness (QED) is 0.799. The third-order valence-electron chi connectivity index (χ3n) is 3.01. The summed E-state index contributed by atoms with van der Waals surface area (Å²) >= 11 is 0. The van der Waals surface area contributed by atoms with E-state index in [1.54, 1.807) is 31.4 Å². The van der Waals surface area contributed by atoms with E-state index >= 15 is 0 Å². The molecular formula is C14H24N2O3S. The largest absolute Gasteiger partial charge is 0.383 e. The normalized spacial score (nSPS) is 13.4. The highest BCUT2D eigenvalue weighted by Gasteiger charge is 2.16. The van der Waals surface area contributed by atoms with Crippen LogP contribution in [-0.2, 0) is 14.8 Å². The second-order valence-electron chi connectivity index (χ2n) is 4.90. The average molecular weight is 300 g/mol. The summed E-state index contributed by atoms with van der Waals surface area (Å²) in [6, 6.07) is 7.05. The molecule has 0 aliphatic heterocycles. The van der Waals surface area contributed by atoms with E-state index in [0.717, 1.165) is 18.5 Å². The number of rotatable bonds is 8. The molecule has 0 fully saturated rings. The number of ether oxygens (including phenoxy) is 1. The maximum absolute atomic E-state index is 12.0. The molecule has 0 aliphatic carbocycles. The number of methoxy groups -OCH3 is 1. The van der Waals surface area contributed by atoms with Gasteiger partial charge in [0.2, 0.25) is 10.0 Å². The van der Waals surface area contributed by atoms with Gasteiger partial charge in [-0.05, 0) is 30.7 Å². The standard InChI is InChI=1S/C14H24N2O3S/c1-5-6-13(11-19-4)15-12-7-9-14(10-8-12)20(17,18)16(2)3/h7-10,13,15H,5-6,11H2,1-4H3. The van der Waals surface area contributed by atoms with Gasteiger partial charge in [-0.1, -0.05) is 13.3 Å². The molecule has 0 aliphatic rings.